The number of pyridine rings is 1. The molecule has 0 aliphatic heterocycles. The van der Waals surface area contributed by atoms with Crippen molar-refractivity contribution in [1.82, 2.24) is 4.98 Å². The molecule has 4 heteroatoms. The van der Waals surface area contributed by atoms with Gasteiger partial charge in [0.2, 0.25) is 5.78 Å². The van der Waals surface area contributed by atoms with Crippen molar-refractivity contribution in [1.29, 1.82) is 0 Å². The summed E-state index contributed by atoms with van der Waals surface area (Å²) in [5, 5.41) is 1.01. The molecule has 0 spiro atoms. The molecule has 3 rings (SSSR count). The third-order valence-corrected chi connectivity index (χ3v) is 4.51. The molecule has 0 N–H and O–H groups in total. The summed E-state index contributed by atoms with van der Waals surface area (Å²) in [5.41, 5.74) is 0.785. The van der Waals surface area contributed by atoms with Gasteiger partial charge in [0.15, 0.2) is 6.61 Å². The van der Waals surface area contributed by atoms with E-state index in [1.807, 2.05) is 42.5 Å². The van der Waals surface area contributed by atoms with Crippen LogP contribution < -0.4 is 4.74 Å². The molecule has 0 bridgehead atoms. The number of Topliss-reactive ketones (excluding diaryl/α,β-unsaturated/α-hetero) is 1. The van der Waals surface area contributed by atoms with Crippen molar-refractivity contribution in [3.8, 4) is 5.75 Å². The minimum atomic E-state index is 0.00707. The van der Waals surface area contributed by atoms with Gasteiger partial charge in [-0.15, -0.1) is 11.3 Å². The Morgan fingerprint density at radius 3 is 2.86 bits per heavy atom. The molecule has 3 nitrogen and oxygen atoms in total. The van der Waals surface area contributed by atoms with Crippen LogP contribution in [0.2, 0.25) is 0 Å². The van der Waals surface area contributed by atoms with Crippen LogP contribution in [0.5, 0.6) is 5.75 Å². The number of hydrogen-bond donors (Lipinski definition) is 0. The molecule has 0 atom stereocenters. The van der Waals surface area contributed by atoms with E-state index in [2.05, 4.69) is 11.9 Å². The van der Waals surface area contributed by atoms with Crippen LogP contribution in [0.4, 0.5) is 0 Å². The van der Waals surface area contributed by atoms with Crippen molar-refractivity contribution < 1.29 is 9.53 Å². The number of ether oxygens (including phenoxy) is 1. The number of carbonyl (C=O) groups excluding carboxylic acids is 1. The average molecular weight is 297 g/mol. The first kappa shape index (κ1) is 13.8. The van der Waals surface area contributed by atoms with Crippen LogP contribution >= 0.6 is 11.3 Å². The maximum absolute atomic E-state index is 12.1. The van der Waals surface area contributed by atoms with Gasteiger partial charge in [-0.2, -0.15) is 0 Å². The van der Waals surface area contributed by atoms with E-state index in [4.69, 9.17) is 4.74 Å². The van der Waals surface area contributed by atoms with Gasteiger partial charge in [-0.25, -0.2) is 0 Å². The molecule has 3 aromatic rings. The molecule has 106 valence electrons. The number of thiophene rings is 1. The monoisotopic (exact) mass is 297 g/mol. The van der Waals surface area contributed by atoms with Crippen molar-refractivity contribution in [2.75, 3.05) is 6.61 Å². The van der Waals surface area contributed by atoms with Gasteiger partial charge in [0, 0.05) is 16.5 Å². The van der Waals surface area contributed by atoms with E-state index in [0.29, 0.717) is 5.75 Å². The second-order valence-electron chi connectivity index (χ2n) is 4.66. The second kappa shape index (κ2) is 6.06. The summed E-state index contributed by atoms with van der Waals surface area (Å²) in [6, 6.07) is 13.5. The van der Waals surface area contributed by atoms with Crippen LogP contribution in [0.3, 0.4) is 0 Å². The zero-order valence-corrected chi connectivity index (χ0v) is 12.5. The van der Waals surface area contributed by atoms with Crippen LogP contribution in [0.1, 0.15) is 21.5 Å². The Labute approximate surface area is 127 Å². The van der Waals surface area contributed by atoms with E-state index in [9.17, 15) is 4.79 Å². The first-order valence-electron chi connectivity index (χ1n) is 6.86. The number of nitrogens with zero attached hydrogens (tertiary/aromatic N) is 1. The fourth-order valence-corrected chi connectivity index (χ4v) is 3.00. The average Bonchev–Trinajstić information content (AvgIpc) is 3.01. The predicted octanol–water partition coefficient (Wildman–Crippen LogP) is 4.12. The summed E-state index contributed by atoms with van der Waals surface area (Å²) in [6.07, 6.45) is 2.68. The highest BCUT2D eigenvalue weighted by molar-refractivity contribution is 7.14. The van der Waals surface area contributed by atoms with Gasteiger partial charge in [-0.3, -0.25) is 9.78 Å². The molecule has 0 saturated heterocycles. The topological polar surface area (TPSA) is 39.2 Å². The molecule has 2 aromatic heterocycles. The number of hydrogen-bond acceptors (Lipinski definition) is 4. The summed E-state index contributed by atoms with van der Waals surface area (Å²) in [7, 11) is 0. The first-order chi connectivity index (χ1) is 10.3. The fraction of sp³-hybridized carbons (Fsp3) is 0.176. The fourth-order valence-electron chi connectivity index (χ4n) is 2.12. The Bertz CT molecular complexity index is 774. The van der Waals surface area contributed by atoms with Gasteiger partial charge in [-0.1, -0.05) is 25.1 Å². The van der Waals surface area contributed by atoms with E-state index in [1.165, 1.54) is 16.2 Å². The van der Waals surface area contributed by atoms with Crippen molar-refractivity contribution in [3.05, 3.63) is 58.4 Å². The molecule has 1 aromatic carbocycles. The molecule has 0 unspecified atom stereocenters. The number of carbonyl (C=O) groups is 1. The first-order valence-corrected chi connectivity index (χ1v) is 7.68. The Morgan fingerprint density at radius 2 is 2.05 bits per heavy atom. The molecule has 2 heterocycles. The summed E-state index contributed by atoms with van der Waals surface area (Å²) in [4.78, 5) is 18.4. The number of benzene rings is 1. The third-order valence-electron chi connectivity index (χ3n) is 3.24. The number of aromatic nitrogens is 1. The Morgan fingerprint density at radius 1 is 1.19 bits per heavy atom. The summed E-state index contributed by atoms with van der Waals surface area (Å²) >= 11 is 1.53. The predicted molar refractivity (Wildman–Crippen MR) is 85.3 cm³/mol. The molecular formula is C17H15NO2S. The van der Waals surface area contributed by atoms with Crippen LogP contribution in [-0.4, -0.2) is 17.4 Å². The lowest BCUT2D eigenvalue weighted by atomic mass is 10.2. The van der Waals surface area contributed by atoms with Crippen LogP contribution in [0.15, 0.2) is 48.7 Å². The maximum Gasteiger partial charge on any atom is 0.210 e. The largest absolute Gasteiger partial charge is 0.483 e. The smallest absolute Gasteiger partial charge is 0.210 e. The van der Waals surface area contributed by atoms with Gasteiger partial charge in [0.1, 0.15) is 11.3 Å². The summed E-state index contributed by atoms with van der Waals surface area (Å²) in [5.74, 6) is 0.654. The standard InChI is InChI=1S/C17H15NO2S/c1-2-13-8-9-16(21-13)14(19)11-20-15-7-3-5-12-6-4-10-18-17(12)15/h3-10H,2,11H2,1H3. The zero-order valence-electron chi connectivity index (χ0n) is 11.7. The highest BCUT2D eigenvalue weighted by atomic mass is 32.1. The number of para-hydroxylation sites is 1. The van der Waals surface area contributed by atoms with Gasteiger partial charge in [-0.05, 0) is 30.7 Å². The second-order valence-corrected chi connectivity index (χ2v) is 5.83. The quantitative estimate of drug-likeness (QED) is 0.665. The lowest BCUT2D eigenvalue weighted by molar-refractivity contribution is 0.0926. The number of aryl methyl sites for hydroxylation is 1. The highest BCUT2D eigenvalue weighted by Gasteiger charge is 2.11. The Balaban J connectivity index is 1.75. The number of ketones is 1. The van der Waals surface area contributed by atoms with Gasteiger partial charge in [0.05, 0.1) is 4.88 Å². The third kappa shape index (κ3) is 2.95. The van der Waals surface area contributed by atoms with E-state index in [0.717, 1.165) is 22.2 Å². The van der Waals surface area contributed by atoms with E-state index >= 15 is 0 Å². The van der Waals surface area contributed by atoms with Gasteiger partial charge < -0.3 is 4.74 Å². The lowest BCUT2D eigenvalue weighted by Crippen LogP contribution is -2.10. The van der Waals surface area contributed by atoms with Crippen molar-refractivity contribution >= 4 is 28.0 Å². The Hall–Kier alpha value is -2.20. The zero-order chi connectivity index (χ0) is 14.7. The highest BCUT2D eigenvalue weighted by Crippen LogP contribution is 2.23. The minimum Gasteiger partial charge on any atom is -0.483 e. The molecule has 0 amide bonds. The normalized spacial score (nSPS) is 10.7. The van der Waals surface area contributed by atoms with E-state index in [1.54, 1.807) is 6.20 Å². The molecule has 0 aliphatic carbocycles. The van der Waals surface area contributed by atoms with Crippen LogP contribution in [0.25, 0.3) is 10.9 Å². The number of fused-ring (bicyclic) bond motifs is 1. The summed E-state index contributed by atoms with van der Waals surface area (Å²) in [6.45, 7) is 2.12. The molecular weight excluding hydrogens is 282 g/mol. The van der Waals surface area contributed by atoms with Crippen molar-refractivity contribution in [3.63, 3.8) is 0 Å². The Kier molecular flexibility index (Phi) is 3.97. The molecule has 0 saturated carbocycles. The lowest BCUT2D eigenvalue weighted by Gasteiger charge is -2.07. The molecule has 0 aliphatic rings. The SMILES string of the molecule is CCc1ccc(C(=O)COc2cccc3cccnc23)s1. The molecule has 21 heavy (non-hydrogen) atoms. The van der Waals surface area contributed by atoms with Crippen LogP contribution in [-0.2, 0) is 6.42 Å². The van der Waals surface area contributed by atoms with Crippen LogP contribution in [0, 0.1) is 0 Å². The van der Waals surface area contributed by atoms with Gasteiger partial charge >= 0.3 is 0 Å². The van der Waals surface area contributed by atoms with Crippen molar-refractivity contribution in [2.45, 2.75) is 13.3 Å². The molecule has 0 fully saturated rings. The molecule has 0 radical (unpaired) electrons. The van der Waals surface area contributed by atoms with Gasteiger partial charge in [0.25, 0.3) is 0 Å². The summed E-state index contributed by atoms with van der Waals surface area (Å²) < 4.78 is 5.67. The number of rotatable bonds is 5. The maximum atomic E-state index is 12.1. The van der Waals surface area contributed by atoms with E-state index < -0.39 is 0 Å². The van der Waals surface area contributed by atoms with E-state index in [-0.39, 0.29) is 12.4 Å². The van der Waals surface area contributed by atoms with Crippen molar-refractivity contribution in [2.24, 2.45) is 0 Å². The minimum absolute atomic E-state index is 0.00707.